The van der Waals surface area contributed by atoms with Crippen LogP contribution in [0, 0.1) is 5.82 Å². The van der Waals surface area contributed by atoms with Crippen LogP contribution in [0.3, 0.4) is 0 Å². The van der Waals surface area contributed by atoms with Crippen LogP contribution in [0.2, 0.25) is 5.02 Å². The van der Waals surface area contributed by atoms with Crippen molar-refractivity contribution >= 4 is 23.5 Å². The van der Waals surface area contributed by atoms with Crippen molar-refractivity contribution < 1.29 is 23.8 Å². The van der Waals surface area contributed by atoms with Gasteiger partial charge in [0.15, 0.2) is 6.10 Å². The first-order valence-electron chi connectivity index (χ1n) is 7.05. The molecule has 2 atom stereocenters. The molecule has 5 nitrogen and oxygen atoms in total. The van der Waals surface area contributed by atoms with Crippen molar-refractivity contribution in [1.82, 2.24) is 4.90 Å². The van der Waals surface area contributed by atoms with Crippen molar-refractivity contribution in [2.24, 2.45) is 0 Å². The SMILES string of the molecule is CC(Oc1ccc(F)cc1Cl)C(=O)N1CCCCC1C(=O)O. The fourth-order valence-electron chi connectivity index (χ4n) is 2.50. The van der Waals surface area contributed by atoms with Gasteiger partial charge in [0.2, 0.25) is 0 Å². The molecule has 1 amide bonds. The van der Waals surface area contributed by atoms with Crippen LogP contribution in [-0.4, -0.2) is 40.6 Å². The molecule has 22 heavy (non-hydrogen) atoms. The van der Waals surface area contributed by atoms with E-state index >= 15 is 0 Å². The summed E-state index contributed by atoms with van der Waals surface area (Å²) in [4.78, 5) is 25.0. The third kappa shape index (κ3) is 3.68. The molecule has 120 valence electrons. The summed E-state index contributed by atoms with van der Waals surface area (Å²) < 4.78 is 18.5. The topological polar surface area (TPSA) is 66.8 Å². The molecule has 1 N–H and O–H groups in total. The number of nitrogens with zero attached hydrogens (tertiary/aromatic N) is 1. The van der Waals surface area contributed by atoms with E-state index in [1.54, 1.807) is 0 Å². The Balaban J connectivity index is 2.09. The molecule has 0 bridgehead atoms. The summed E-state index contributed by atoms with van der Waals surface area (Å²) in [5, 5.41) is 9.27. The van der Waals surface area contributed by atoms with Crippen LogP contribution in [0.25, 0.3) is 0 Å². The normalized spacial score (nSPS) is 19.6. The van der Waals surface area contributed by atoms with E-state index in [1.165, 1.54) is 24.0 Å². The number of rotatable bonds is 4. The predicted octanol–water partition coefficient (Wildman–Crippen LogP) is 2.71. The van der Waals surface area contributed by atoms with Gasteiger partial charge in [0.1, 0.15) is 17.6 Å². The molecule has 1 aromatic carbocycles. The minimum atomic E-state index is -1.01. The van der Waals surface area contributed by atoms with E-state index in [2.05, 4.69) is 0 Å². The van der Waals surface area contributed by atoms with Crippen LogP contribution in [-0.2, 0) is 9.59 Å². The summed E-state index contributed by atoms with van der Waals surface area (Å²) in [7, 11) is 0. The lowest BCUT2D eigenvalue weighted by molar-refractivity contribution is -0.155. The summed E-state index contributed by atoms with van der Waals surface area (Å²) in [6, 6.07) is 2.79. The molecule has 0 aromatic heterocycles. The second-order valence-corrected chi connectivity index (χ2v) is 5.62. The standard InChI is InChI=1S/C15H17ClFNO4/c1-9(22-13-6-5-10(17)8-11(13)16)14(19)18-7-3-2-4-12(18)15(20)21/h5-6,8-9,12H,2-4,7H2,1H3,(H,20,21). The number of benzene rings is 1. The number of ether oxygens (including phenoxy) is 1. The van der Waals surface area contributed by atoms with E-state index in [0.29, 0.717) is 13.0 Å². The van der Waals surface area contributed by atoms with E-state index in [1.807, 2.05) is 0 Å². The highest BCUT2D eigenvalue weighted by atomic mass is 35.5. The summed E-state index contributed by atoms with van der Waals surface area (Å²) in [5.41, 5.74) is 0. The molecule has 2 unspecified atom stereocenters. The Hall–Kier alpha value is -1.82. The molecule has 0 radical (unpaired) electrons. The van der Waals surface area contributed by atoms with Crippen molar-refractivity contribution in [2.75, 3.05) is 6.54 Å². The quantitative estimate of drug-likeness (QED) is 0.922. The smallest absolute Gasteiger partial charge is 0.326 e. The van der Waals surface area contributed by atoms with Crippen LogP contribution >= 0.6 is 11.6 Å². The minimum Gasteiger partial charge on any atom is -0.480 e. The lowest BCUT2D eigenvalue weighted by Crippen LogP contribution is -2.52. The number of aliphatic carboxylic acids is 1. The first-order valence-corrected chi connectivity index (χ1v) is 7.43. The largest absolute Gasteiger partial charge is 0.480 e. The van der Waals surface area contributed by atoms with Gasteiger partial charge >= 0.3 is 5.97 Å². The highest BCUT2D eigenvalue weighted by Gasteiger charge is 2.34. The van der Waals surface area contributed by atoms with Crippen LogP contribution in [0.4, 0.5) is 4.39 Å². The van der Waals surface area contributed by atoms with E-state index < -0.39 is 29.8 Å². The Labute approximate surface area is 132 Å². The Morgan fingerprint density at radius 3 is 2.82 bits per heavy atom. The average Bonchev–Trinajstić information content (AvgIpc) is 2.49. The third-order valence-electron chi connectivity index (χ3n) is 3.62. The molecule has 1 heterocycles. The molecule has 0 saturated carbocycles. The Bertz CT molecular complexity index is 581. The summed E-state index contributed by atoms with van der Waals surface area (Å²) in [6.45, 7) is 1.91. The number of carbonyl (C=O) groups excluding carboxylic acids is 1. The van der Waals surface area contributed by atoms with Gasteiger partial charge in [-0.1, -0.05) is 11.6 Å². The zero-order valence-electron chi connectivity index (χ0n) is 12.1. The number of hydrogen-bond donors (Lipinski definition) is 1. The Morgan fingerprint density at radius 2 is 2.18 bits per heavy atom. The van der Waals surface area contributed by atoms with Gasteiger partial charge < -0.3 is 14.7 Å². The molecule has 1 aromatic rings. The third-order valence-corrected chi connectivity index (χ3v) is 3.91. The first kappa shape index (κ1) is 16.5. The predicted molar refractivity (Wildman–Crippen MR) is 78.5 cm³/mol. The van der Waals surface area contributed by atoms with Gasteiger partial charge in [-0.25, -0.2) is 9.18 Å². The van der Waals surface area contributed by atoms with Crippen molar-refractivity contribution in [1.29, 1.82) is 0 Å². The molecule has 1 aliphatic rings. The lowest BCUT2D eigenvalue weighted by atomic mass is 10.0. The fraction of sp³-hybridized carbons (Fsp3) is 0.467. The van der Waals surface area contributed by atoms with Crippen LogP contribution in [0.1, 0.15) is 26.2 Å². The van der Waals surface area contributed by atoms with Gasteiger partial charge in [-0.2, -0.15) is 0 Å². The molecule has 0 spiro atoms. The monoisotopic (exact) mass is 329 g/mol. The van der Waals surface area contributed by atoms with Gasteiger partial charge in [-0.3, -0.25) is 4.79 Å². The maximum absolute atomic E-state index is 13.0. The number of carboxylic acid groups (broad SMARTS) is 1. The molecular weight excluding hydrogens is 313 g/mol. The molecule has 7 heteroatoms. The zero-order chi connectivity index (χ0) is 16.3. The van der Waals surface area contributed by atoms with Crippen LogP contribution < -0.4 is 4.74 Å². The fourth-order valence-corrected chi connectivity index (χ4v) is 2.71. The summed E-state index contributed by atoms with van der Waals surface area (Å²) in [5.74, 6) is -1.74. The Morgan fingerprint density at radius 1 is 1.45 bits per heavy atom. The van der Waals surface area contributed by atoms with Gasteiger partial charge in [0.05, 0.1) is 5.02 Å². The van der Waals surface area contributed by atoms with E-state index in [0.717, 1.165) is 18.9 Å². The zero-order valence-corrected chi connectivity index (χ0v) is 12.8. The number of carbonyl (C=O) groups is 2. The first-order chi connectivity index (χ1) is 10.4. The second kappa shape index (κ2) is 6.96. The number of amides is 1. The maximum Gasteiger partial charge on any atom is 0.326 e. The van der Waals surface area contributed by atoms with Crippen molar-refractivity contribution in [3.63, 3.8) is 0 Å². The number of likely N-dealkylation sites (tertiary alicyclic amines) is 1. The molecular formula is C15H17ClFNO4. The summed E-state index contributed by atoms with van der Waals surface area (Å²) in [6.07, 6.45) is 1.08. The maximum atomic E-state index is 13.0. The molecule has 0 aliphatic carbocycles. The average molecular weight is 330 g/mol. The molecule has 2 rings (SSSR count). The van der Waals surface area contributed by atoms with Crippen molar-refractivity contribution in [3.05, 3.63) is 29.0 Å². The highest BCUT2D eigenvalue weighted by molar-refractivity contribution is 6.32. The van der Waals surface area contributed by atoms with Gasteiger partial charge in [-0.05, 0) is 44.4 Å². The van der Waals surface area contributed by atoms with Crippen molar-refractivity contribution in [2.45, 2.75) is 38.3 Å². The molecule has 1 aliphatic heterocycles. The Kier molecular flexibility index (Phi) is 5.24. The second-order valence-electron chi connectivity index (χ2n) is 5.22. The number of carboxylic acids is 1. The van der Waals surface area contributed by atoms with Gasteiger partial charge in [-0.15, -0.1) is 0 Å². The van der Waals surface area contributed by atoms with Crippen LogP contribution in [0.15, 0.2) is 18.2 Å². The van der Waals surface area contributed by atoms with E-state index in [-0.39, 0.29) is 10.8 Å². The summed E-state index contributed by atoms with van der Waals surface area (Å²) >= 11 is 5.86. The minimum absolute atomic E-state index is 0.0630. The van der Waals surface area contributed by atoms with E-state index in [9.17, 15) is 19.1 Å². The van der Waals surface area contributed by atoms with Crippen molar-refractivity contribution in [3.8, 4) is 5.75 Å². The number of hydrogen-bond acceptors (Lipinski definition) is 3. The van der Waals surface area contributed by atoms with Gasteiger partial charge in [0.25, 0.3) is 5.91 Å². The van der Waals surface area contributed by atoms with Crippen LogP contribution in [0.5, 0.6) is 5.75 Å². The van der Waals surface area contributed by atoms with Gasteiger partial charge in [0, 0.05) is 6.54 Å². The lowest BCUT2D eigenvalue weighted by Gasteiger charge is -2.34. The molecule has 1 fully saturated rings. The highest BCUT2D eigenvalue weighted by Crippen LogP contribution is 2.27. The number of piperidine rings is 1. The number of halogens is 2. The van der Waals surface area contributed by atoms with E-state index in [4.69, 9.17) is 16.3 Å². The molecule has 1 saturated heterocycles.